The molecule has 0 aliphatic heterocycles. The summed E-state index contributed by atoms with van der Waals surface area (Å²) in [5, 5.41) is 15.1. The van der Waals surface area contributed by atoms with E-state index in [9.17, 15) is 14.7 Å². The third-order valence-corrected chi connectivity index (χ3v) is 9.04. The molecule has 2 N–H and O–H groups in total. The highest BCUT2D eigenvalue weighted by molar-refractivity contribution is 7.15. The van der Waals surface area contributed by atoms with Gasteiger partial charge in [0, 0.05) is 37.0 Å². The molecule has 0 saturated heterocycles. The van der Waals surface area contributed by atoms with E-state index >= 15 is 0 Å². The highest BCUT2D eigenvalue weighted by Gasteiger charge is 2.54. The zero-order valence-electron chi connectivity index (χ0n) is 20.5. The van der Waals surface area contributed by atoms with Crippen LogP contribution in [0.3, 0.4) is 0 Å². The molecule has 4 rings (SSSR count). The van der Waals surface area contributed by atoms with Gasteiger partial charge >= 0.3 is 0 Å². The number of anilines is 1. The average molecular weight is 483 g/mol. The SMILES string of the molecule is C#CCN(C)C(=O)[C@@H](C)[C@H]1CC[C@]2(C)Cc3sc(NC(=O)c4cccn4C)nc3[C@@H](C)[C@@H]2[C@H]1O. The van der Waals surface area contributed by atoms with Crippen LogP contribution in [0.4, 0.5) is 5.13 Å². The molecule has 34 heavy (non-hydrogen) atoms. The molecular formula is C26H34N4O3S. The molecule has 0 unspecified atom stereocenters. The van der Waals surface area contributed by atoms with Gasteiger partial charge in [-0.25, -0.2) is 4.98 Å². The fourth-order valence-electron chi connectivity index (χ4n) is 6.20. The molecule has 1 saturated carbocycles. The van der Waals surface area contributed by atoms with Gasteiger partial charge in [0.2, 0.25) is 5.91 Å². The summed E-state index contributed by atoms with van der Waals surface area (Å²) < 4.78 is 1.78. The summed E-state index contributed by atoms with van der Waals surface area (Å²) in [5.74, 6) is 1.91. The van der Waals surface area contributed by atoms with Crippen LogP contribution in [-0.4, -0.2) is 51.1 Å². The molecule has 2 heterocycles. The highest BCUT2D eigenvalue weighted by atomic mass is 32.1. The number of nitrogens with one attached hydrogen (secondary N) is 1. The van der Waals surface area contributed by atoms with E-state index in [4.69, 9.17) is 11.4 Å². The molecule has 1 fully saturated rings. The zero-order chi connectivity index (χ0) is 24.8. The van der Waals surface area contributed by atoms with Gasteiger partial charge in [-0.05, 0) is 48.6 Å². The van der Waals surface area contributed by atoms with Crippen molar-refractivity contribution in [1.82, 2.24) is 14.5 Å². The minimum atomic E-state index is -0.608. The Kier molecular flexibility index (Phi) is 6.63. The number of carbonyl (C=O) groups is 2. The summed E-state index contributed by atoms with van der Waals surface area (Å²) in [6.07, 6.45) is 9.16. The van der Waals surface area contributed by atoms with Crippen molar-refractivity contribution in [2.45, 2.75) is 52.1 Å². The Hall–Kier alpha value is -2.63. The second-order valence-electron chi connectivity index (χ2n) is 10.3. The van der Waals surface area contributed by atoms with Crippen LogP contribution in [0, 0.1) is 35.5 Å². The van der Waals surface area contributed by atoms with Crippen molar-refractivity contribution in [3.63, 3.8) is 0 Å². The summed E-state index contributed by atoms with van der Waals surface area (Å²) in [7, 11) is 3.55. The third-order valence-electron chi connectivity index (χ3n) is 8.06. The number of fused-ring (bicyclic) bond motifs is 2. The summed E-state index contributed by atoms with van der Waals surface area (Å²) in [6, 6.07) is 3.62. The van der Waals surface area contributed by atoms with Gasteiger partial charge in [0.05, 0.1) is 18.3 Å². The molecular weight excluding hydrogens is 448 g/mol. The number of hydrogen-bond donors (Lipinski definition) is 2. The maximum atomic E-state index is 12.9. The predicted molar refractivity (Wildman–Crippen MR) is 134 cm³/mol. The zero-order valence-corrected chi connectivity index (χ0v) is 21.4. The molecule has 2 aromatic heterocycles. The van der Waals surface area contributed by atoms with Crippen molar-refractivity contribution in [1.29, 1.82) is 0 Å². The van der Waals surface area contributed by atoms with Crippen molar-refractivity contribution < 1.29 is 14.7 Å². The number of aromatic nitrogens is 2. The number of aliphatic hydroxyl groups excluding tert-OH is 1. The molecule has 6 atom stereocenters. The third kappa shape index (κ3) is 4.16. The first-order chi connectivity index (χ1) is 16.1. The Morgan fingerprint density at radius 3 is 2.88 bits per heavy atom. The average Bonchev–Trinajstić information content (AvgIpc) is 3.38. The first kappa shape index (κ1) is 24.5. The number of nitrogens with zero attached hydrogens (tertiary/aromatic N) is 3. The Balaban J connectivity index is 1.55. The van der Waals surface area contributed by atoms with Crippen molar-refractivity contribution in [3.8, 4) is 12.3 Å². The number of amides is 2. The first-order valence-corrected chi connectivity index (χ1v) is 12.7. The van der Waals surface area contributed by atoms with Crippen molar-refractivity contribution >= 4 is 28.3 Å². The van der Waals surface area contributed by atoms with E-state index in [0.717, 1.165) is 25.0 Å². The lowest BCUT2D eigenvalue weighted by atomic mass is 9.53. The van der Waals surface area contributed by atoms with Crippen LogP contribution in [-0.2, 0) is 18.3 Å². The van der Waals surface area contributed by atoms with E-state index in [1.165, 1.54) is 16.2 Å². The molecule has 2 aliphatic rings. The van der Waals surface area contributed by atoms with E-state index in [1.54, 1.807) is 22.6 Å². The summed E-state index contributed by atoms with van der Waals surface area (Å²) in [4.78, 5) is 33.1. The van der Waals surface area contributed by atoms with Gasteiger partial charge in [-0.3, -0.25) is 14.9 Å². The largest absolute Gasteiger partial charge is 0.392 e. The van der Waals surface area contributed by atoms with Gasteiger partial charge in [0.1, 0.15) is 5.69 Å². The standard InChI is InChI=1S/C26H34N4O3S/c1-7-12-30(6)24(33)15(2)17-10-11-26(4)14-19-21(16(3)20(26)22(17)31)27-25(34-19)28-23(32)18-9-8-13-29(18)5/h1,8-9,13,15-17,20,22,31H,10-12,14H2,2-6H3,(H,27,28,32)/t15-,16-,17+,20+,22-,26+/m0/s1. The molecule has 0 radical (unpaired) electrons. The molecule has 0 aromatic carbocycles. The minimum Gasteiger partial charge on any atom is -0.392 e. The van der Waals surface area contributed by atoms with Crippen molar-refractivity contribution in [2.24, 2.45) is 30.2 Å². The summed E-state index contributed by atoms with van der Waals surface area (Å²) in [6.45, 7) is 6.54. The van der Waals surface area contributed by atoms with Gasteiger partial charge in [-0.1, -0.05) is 26.7 Å². The number of terminal acetylenes is 1. The summed E-state index contributed by atoms with van der Waals surface area (Å²) >= 11 is 1.53. The molecule has 2 aromatic rings. The number of hydrogen-bond acceptors (Lipinski definition) is 5. The van der Waals surface area contributed by atoms with E-state index in [-0.39, 0.29) is 47.4 Å². The maximum Gasteiger partial charge on any atom is 0.274 e. The van der Waals surface area contributed by atoms with Crippen LogP contribution in [0.2, 0.25) is 0 Å². The van der Waals surface area contributed by atoms with E-state index < -0.39 is 6.10 Å². The van der Waals surface area contributed by atoms with Crippen LogP contribution in [0.15, 0.2) is 18.3 Å². The van der Waals surface area contributed by atoms with Gasteiger partial charge < -0.3 is 14.6 Å². The first-order valence-electron chi connectivity index (χ1n) is 11.9. The normalized spacial score (nSPS) is 28.9. The van der Waals surface area contributed by atoms with Crippen LogP contribution < -0.4 is 5.32 Å². The van der Waals surface area contributed by atoms with Gasteiger partial charge in [-0.2, -0.15) is 0 Å². The maximum absolute atomic E-state index is 12.9. The smallest absolute Gasteiger partial charge is 0.274 e. The van der Waals surface area contributed by atoms with Gasteiger partial charge in [-0.15, -0.1) is 17.8 Å². The van der Waals surface area contributed by atoms with Crippen LogP contribution in [0.5, 0.6) is 0 Å². The van der Waals surface area contributed by atoms with Crippen LogP contribution in [0.1, 0.15) is 60.6 Å². The lowest BCUT2D eigenvalue weighted by molar-refractivity contribution is -0.142. The molecule has 182 valence electrons. The molecule has 2 aliphatic carbocycles. The predicted octanol–water partition coefficient (Wildman–Crippen LogP) is 3.51. The molecule has 8 heteroatoms. The monoisotopic (exact) mass is 482 g/mol. The van der Waals surface area contributed by atoms with Crippen molar-refractivity contribution in [3.05, 3.63) is 34.6 Å². The number of carbonyl (C=O) groups excluding carboxylic acids is 2. The van der Waals surface area contributed by atoms with Gasteiger partial charge in [0.15, 0.2) is 5.13 Å². The van der Waals surface area contributed by atoms with Gasteiger partial charge in [0.25, 0.3) is 5.91 Å². The molecule has 7 nitrogen and oxygen atoms in total. The second-order valence-corrected chi connectivity index (χ2v) is 11.4. The Morgan fingerprint density at radius 2 is 2.24 bits per heavy atom. The summed E-state index contributed by atoms with van der Waals surface area (Å²) in [5.41, 5.74) is 1.45. The minimum absolute atomic E-state index is 0.00883. The second kappa shape index (κ2) is 9.20. The Bertz CT molecular complexity index is 1130. The molecule has 2 amide bonds. The Morgan fingerprint density at radius 1 is 1.50 bits per heavy atom. The number of rotatable bonds is 5. The molecule has 0 spiro atoms. The highest BCUT2D eigenvalue weighted by Crippen LogP contribution is 2.57. The van der Waals surface area contributed by atoms with E-state index in [2.05, 4.69) is 25.1 Å². The fourth-order valence-corrected chi connectivity index (χ4v) is 7.46. The number of aliphatic hydroxyl groups is 1. The lowest BCUT2D eigenvalue weighted by Crippen LogP contribution is -2.53. The lowest BCUT2D eigenvalue weighted by Gasteiger charge is -2.53. The Labute approximate surface area is 205 Å². The van der Waals surface area contributed by atoms with Crippen molar-refractivity contribution in [2.75, 3.05) is 18.9 Å². The quantitative estimate of drug-likeness (QED) is 0.639. The van der Waals surface area contributed by atoms with Crippen LogP contribution >= 0.6 is 11.3 Å². The number of aryl methyl sites for hydroxylation is 1. The van der Waals surface area contributed by atoms with E-state index in [1.807, 2.05) is 26.2 Å². The number of thiazole rings is 1. The van der Waals surface area contributed by atoms with E-state index in [0.29, 0.717) is 10.8 Å². The topological polar surface area (TPSA) is 87.5 Å². The molecule has 0 bridgehead atoms. The fraction of sp³-hybridized carbons (Fsp3) is 0.577. The van der Waals surface area contributed by atoms with Crippen LogP contribution in [0.25, 0.3) is 0 Å².